The molecule has 3 aromatic carbocycles. The maximum absolute atomic E-state index is 13.2. The van der Waals surface area contributed by atoms with E-state index in [0.717, 1.165) is 19.4 Å². The number of carbonyl (C=O) groups is 6. The quantitative estimate of drug-likeness (QED) is 0.0781. The van der Waals surface area contributed by atoms with E-state index >= 15 is 0 Å². The van der Waals surface area contributed by atoms with E-state index in [0.29, 0.717) is 12.1 Å². The fourth-order valence-electron chi connectivity index (χ4n) is 4.86. The largest absolute Gasteiger partial charge is 0.504 e. The molecule has 4 aromatic rings. The Hall–Kier alpha value is -7.83. The SMILES string of the molecule is COc1c(NC(=O)c2ccc(NC(=O)c3ccc(NC(=O)C(C/C(N)=C/N)NC(=O)c4ccc(NC=O)cc4)cn3)c(OC)c2O)ccc(C(=O)O)c1O. The normalized spacial score (nSPS) is 11.3. The average molecular weight is 743 g/mol. The lowest BCUT2D eigenvalue weighted by molar-refractivity contribution is -0.118. The van der Waals surface area contributed by atoms with E-state index in [9.17, 15) is 44.1 Å². The number of phenols is 2. The van der Waals surface area contributed by atoms with E-state index < -0.39 is 52.7 Å². The van der Waals surface area contributed by atoms with Gasteiger partial charge in [-0.05, 0) is 60.7 Å². The number of nitrogens with one attached hydrogen (secondary N) is 5. The van der Waals surface area contributed by atoms with Crippen molar-refractivity contribution in [3.63, 3.8) is 0 Å². The number of phenolic OH excluding ortho intramolecular Hbond substituents is 1. The lowest BCUT2D eigenvalue weighted by Crippen LogP contribution is -2.44. The lowest BCUT2D eigenvalue weighted by Gasteiger charge is -2.19. The molecule has 0 aliphatic carbocycles. The number of hydrogen-bond acceptors (Lipinski definition) is 13. The van der Waals surface area contributed by atoms with Gasteiger partial charge < -0.3 is 62.8 Å². The van der Waals surface area contributed by atoms with Gasteiger partial charge in [0, 0.05) is 29.6 Å². The number of carboxylic acid groups (broad SMARTS) is 1. The molecular weight excluding hydrogens is 708 g/mol. The van der Waals surface area contributed by atoms with E-state index in [1.165, 1.54) is 67.9 Å². The van der Waals surface area contributed by atoms with Crippen molar-refractivity contribution in [3.05, 3.63) is 101 Å². The summed E-state index contributed by atoms with van der Waals surface area (Å²) in [6.45, 7) is 0. The topological polar surface area (TPSA) is 307 Å². The Morgan fingerprint density at radius 1 is 0.778 bits per heavy atom. The smallest absolute Gasteiger partial charge is 0.339 e. The highest BCUT2D eigenvalue weighted by Crippen LogP contribution is 2.40. The molecule has 0 fully saturated rings. The van der Waals surface area contributed by atoms with Crippen LogP contribution in [0.1, 0.15) is 48.0 Å². The summed E-state index contributed by atoms with van der Waals surface area (Å²) in [4.78, 5) is 78.3. The first-order chi connectivity index (χ1) is 25.8. The predicted molar refractivity (Wildman–Crippen MR) is 194 cm³/mol. The Balaban J connectivity index is 1.45. The van der Waals surface area contributed by atoms with Gasteiger partial charge in [-0.3, -0.25) is 24.0 Å². The number of methoxy groups -OCH3 is 2. The number of hydrogen-bond donors (Lipinski definition) is 10. The number of aromatic nitrogens is 1. The molecule has 5 amide bonds. The minimum Gasteiger partial charge on any atom is -0.504 e. The molecule has 0 aliphatic rings. The minimum absolute atomic E-state index is 0.0458. The molecule has 12 N–H and O–H groups in total. The Labute approximate surface area is 306 Å². The maximum Gasteiger partial charge on any atom is 0.339 e. The number of benzene rings is 3. The lowest BCUT2D eigenvalue weighted by atomic mass is 10.1. The molecule has 4 rings (SSSR count). The zero-order valence-electron chi connectivity index (χ0n) is 28.5. The van der Waals surface area contributed by atoms with Crippen LogP contribution in [-0.2, 0) is 9.59 Å². The van der Waals surface area contributed by atoms with Gasteiger partial charge in [0.05, 0.1) is 43.0 Å². The van der Waals surface area contributed by atoms with E-state index in [4.69, 9.17) is 20.9 Å². The Morgan fingerprint density at radius 3 is 1.89 bits per heavy atom. The minimum atomic E-state index is -1.42. The number of nitrogens with zero attached hydrogens (tertiary/aromatic N) is 1. The van der Waals surface area contributed by atoms with Gasteiger partial charge in [0.25, 0.3) is 17.7 Å². The Bertz CT molecular complexity index is 2120. The van der Waals surface area contributed by atoms with Crippen molar-refractivity contribution in [2.24, 2.45) is 11.5 Å². The number of rotatable bonds is 15. The summed E-state index contributed by atoms with van der Waals surface area (Å²) in [5.41, 5.74) is 11.2. The first-order valence-corrected chi connectivity index (χ1v) is 15.5. The number of aromatic hydroxyl groups is 2. The Kier molecular flexibility index (Phi) is 12.6. The highest BCUT2D eigenvalue weighted by molar-refractivity contribution is 6.10. The van der Waals surface area contributed by atoms with Gasteiger partial charge in [-0.2, -0.15) is 0 Å². The third-order valence-corrected chi connectivity index (χ3v) is 7.55. The molecule has 19 nitrogen and oxygen atoms in total. The monoisotopic (exact) mass is 742 g/mol. The summed E-state index contributed by atoms with van der Waals surface area (Å²) in [5.74, 6) is -6.37. The number of ether oxygens (including phenoxy) is 2. The first-order valence-electron chi connectivity index (χ1n) is 15.5. The number of anilines is 4. The highest BCUT2D eigenvalue weighted by atomic mass is 16.5. The van der Waals surface area contributed by atoms with E-state index in [1.54, 1.807) is 0 Å². The maximum atomic E-state index is 13.2. The molecule has 0 spiro atoms. The van der Waals surface area contributed by atoms with Crippen LogP contribution < -0.4 is 47.5 Å². The highest BCUT2D eigenvalue weighted by Gasteiger charge is 2.25. The van der Waals surface area contributed by atoms with Crippen molar-refractivity contribution in [2.75, 3.05) is 35.5 Å². The van der Waals surface area contributed by atoms with Crippen LogP contribution in [0.5, 0.6) is 23.0 Å². The molecule has 1 heterocycles. The van der Waals surface area contributed by atoms with Crippen molar-refractivity contribution in [3.8, 4) is 23.0 Å². The van der Waals surface area contributed by atoms with E-state index in [1.807, 2.05) is 0 Å². The van der Waals surface area contributed by atoms with E-state index in [2.05, 4.69) is 31.6 Å². The van der Waals surface area contributed by atoms with Crippen LogP contribution in [0, 0.1) is 0 Å². The van der Waals surface area contributed by atoms with Gasteiger partial charge in [0.1, 0.15) is 17.3 Å². The van der Waals surface area contributed by atoms with Crippen LogP contribution in [0.3, 0.4) is 0 Å². The molecule has 1 aromatic heterocycles. The van der Waals surface area contributed by atoms with Gasteiger partial charge in [-0.15, -0.1) is 0 Å². The molecule has 0 saturated heterocycles. The van der Waals surface area contributed by atoms with Crippen LogP contribution in [0.4, 0.5) is 22.7 Å². The third kappa shape index (κ3) is 9.09. The first kappa shape index (κ1) is 39.0. The van der Waals surface area contributed by atoms with E-state index in [-0.39, 0.29) is 57.5 Å². The van der Waals surface area contributed by atoms with Crippen LogP contribution in [0.2, 0.25) is 0 Å². The third-order valence-electron chi connectivity index (χ3n) is 7.55. The fraction of sp³-hybridized carbons (Fsp3) is 0.114. The molecule has 19 heteroatoms. The molecular formula is C35H34N8O11. The molecule has 280 valence electrons. The Morgan fingerprint density at radius 2 is 1.35 bits per heavy atom. The summed E-state index contributed by atoms with van der Waals surface area (Å²) in [6, 6.07) is 12.1. The van der Waals surface area contributed by atoms with Gasteiger partial charge in [0.2, 0.25) is 12.3 Å². The average Bonchev–Trinajstić information content (AvgIpc) is 3.15. The summed E-state index contributed by atoms with van der Waals surface area (Å²) in [6.07, 6.45) is 2.62. The predicted octanol–water partition coefficient (Wildman–Crippen LogP) is 2.17. The molecule has 0 radical (unpaired) electrons. The molecule has 0 saturated carbocycles. The van der Waals surface area contributed by atoms with Gasteiger partial charge in [-0.1, -0.05) is 0 Å². The summed E-state index contributed by atoms with van der Waals surface area (Å²) in [5, 5.41) is 42.9. The zero-order valence-corrected chi connectivity index (χ0v) is 28.5. The fourth-order valence-corrected chi connectivity index (χ4v) is 4.86. The second-order valence-electron chi connectivity index (χ2n) is 11.0. The second kappa shape index (κ2) is 17.4. The van der Waals surface area contributed by atoms with Crippen LogP contribution in [0.25, 0.3) is 0 Å². The van der Waals surface area contributed by atoms with Gasteiger partial charge in [0.15, 0.2) is 23.0 Å². The summed E-state index contributed by atoms with van der Waals surface area (Å²) >= 11 is 0. The summed E-state index contributed by atoms with van der Waals surface area (Å²) < 4.78 is 10.3. The van der Waals surface area contributed by atoms with Gasteiger partial charge >= 0.3 is 5.97 Å². The van der Waals surface area contributed by atoms with Crippen molar-refractivity contribution >= 4 is 58.8 Å². The number of nitrogens with two attached hydrogens (primary N) is 2. The number of aromatic carboxylic acids is 1. The molecule has 0 bridgehead atoms. The number of carbonyl (C=O) groups excluding carboxylic acids is 5. The molecule has 1 atom stereocenters. The van der Waals surface area contributed by atoms with Gasteiger partial charge in [-0.25, -0.2) is 9.78 Å². The molecule has 0 aliphatic heterocycles. The van der Waals surface area contributed by atoms with Crippen LogP contribution >= 0.6 is 0 Å². The molecule has 54 heavy (non-hydrogen) atoms. The zero-order chi connectivity index (χ0) is 39.5. The number of amides is 5. The standard InChI is InChI=1S/C35H34N8O11/c1-53-29-24(11-8-21(27(29)45)32(48)41-23-12-9-22(35(51)52)28(46)30(23)54-2)42-33(49)25-10-7-20(15-38-25)40-34(50)26(13-18(37)14-36)43-31(47)17-3-5-19(6-4-17)39-16-44/h3-12,14-16,26,45-46H,13,36-37H2,1-2H3,(H,39,44)(H,40,50)(H,41,48)(H,42,49)(H,43,47)(H,51,52)/b18-14-. The summed E-state index contributed by atoms with van der Waals surface area (Å²) in [7, 11) is 2.34. The van der Waals surface area contributed by atoms with Crippen molar-refractivity contribution in [1.29, 1.82) is 0 Å². The van der Waals surface area contributed by atoms with Crippen molar-refractivity contribution in [2.45, 2.75) is 12.5 Å². The number of carboxylic acids is 1. The van der Waals surface area contributed by atoms with Crippen LogP contribution in [0.15, 0.2) is 78.8 Å². The van der Waals surface area contributed by atoms with Crippen molar-refractivity contribution in [1.82, 2.24) is 10.3 Å². The number of pyridine rings is 1. The van der Waals surface area contributed by atoms with Crippen molar-refractivity contribution < 1.29 is 53.6 Å². The van der Waals surface area contributed by atoms with Crippen LogP contribution in [-0.4, -0.2) is 76.6 Å². The molecule has 1 unspecified atom stereocenters. The second-order valence-corrected chi connectivity index (χ2v) is 11.0.